The van der Waals surface area contributed by atoms with E-state index in [1.165, 1.54) is 0 Å². The largest absolute Gasteiger partial charge is 0.340 e. The predicted molar refractivity (Wildman–Crippen MR) is 107 cm³/mol. The Morgan fingerprint density at radius 1 is 0.920 bits per heavy atom. The first-order chi connectivity index (χ1) is 12.1. The van der Waals surface area contributed by atoms with Gasteiger partial charge in [-0.3, -0.25) is 0 Å². The molecule has 25 heavy (non-hydrogen) atoms. The van der Waals surface area contributed by atoms with E-state index in [1.54, 1.807) is 11.3 Å². The number of anilines is 2. The van der Waals surface area contributed by atoms with E-state index in [4.69, 9.17) is 23.2 Å². The van der Waals surface area contributed by atoms with E-state index >= 15 is 0 Å². The summed E-state index contributed by atoms with van der Waals surface area (Å²) in [7, 11) is 0. The Balaban J connectivity index is 1.94. The van der Waals surface area contributed by atoms with Gasteiger partial charge in [-0.25, -0.2) is 4.98 Å². The number of thiophene rings is 1. The van der Waals surface area contributed by atoms with Crippen LogP contribution in [0.25, 0.3) is 21.3 Å². The lowest BCUT2D eigenvalue weighted by atomic mass is 10.0. The van der Waals surface area contributed by atoms with Crippen LogP contribution in [0.5, 0.6) is 0 Å². The number of aromatic nitrogens is 2. The third kappa shape index (κ3) is 3.21. The summed E-state index contributed by atoms with van der Waals surface area (Å²) in [4.78, 5) is 10.9. The first-order valence-electron chi connectivity index (χ1n) is 7.66. The number of hydrogen-bond acceptors (Lipinski definition) is 4. The van der Waals surface area contributed by atoms with Crippen LogP contribution in [0.4, 0.5) is 11.5 Å². The number of rotatable bonds is 3. The fraction of sp³-hybridized carbons (Fsp3) is 0.0526. The number of para-hydroxylation sites is 1. The molecule has 0 fully saturated rings. The molecule has 0 aliphatic rings. The molecule has 6 heteroatoms. The molecule has 1 N–H and O–H groups in total. The highest BCUT2D eigenvalue weighted by Gasteiger charge is 2.18. The molecule has 0 aliphatic heterocycles. The van der Waals surface area contributed by atoms with Crippen LogP contribution in [0.1, 0.15) is 4.88 Å². The molecular weight excluding hydrogens is 373 g/mol. The summed E-state index contributed by atoms with van der Waals surface area (Å²) in [6.07, 6.45) is 0. The van der Waals surface area contributed by atoms with Gasteiger partial charge >= 0.3 is 0 Å². The van der Waals surface area contributed by atoms with Crippen LogP contribution in [-0.2, 0) is 0 Å². The van der Waals surface area contributed by atoms with E-state index in [-0.39, 0.29) is 5.28 Å². The first-order valence-corrected chi connectivity index (χ1v) is 9.24. The predicted octanol–water partition coefficient (Wildman–Crippen LogP) is 6.72. The van der Waals surface area contributed by atoms with Gasteiger partial charge in [-0.1, -0.05) is 41.9 Å². The molecule has 2 aromatic carbocycles. The molecular formula is C19H13Cl2N3S. The third-order valence-electron chi connectivity index (χ3n) is 3.87. The topological polar surface area (TPSA) is 37.8 Å². The van der Waals surface area contributed by atoms with E-state index in [1.807, 2.05) is 54.6 Å². The maximum absolute atomic E-state index is 6.15. The normalized spacial score (nSPS) is 11.0. The standard InChI is InChI=1S/C19H13Cl2N3S/c1-11-15(12-7-9-13(20)10-8-12)16-17(22-14-5-3-2-4-6-14)23-19(21)24-18(16)25-11/h2-10H,1H3,(H,22,23,24). The van der Waals surface area contributed by atoms with Crippen molar-refractivity contribution in [2.75, 3.05) is 5.32 Å². The molecule has 0 radical (unpaired) electrons. The van der Waals surface area contributed by atoms with Crippen molar-refractivity contribution in [1.29, 1.82) is 0 Å². The second kappa shape index (κ2) is 6.64. The van der Waals surface area contributed by atoms with Gasteiger partial charge in [0.05, 0.1) is 5.39 Å². The van der Waals surface area contributed by atoms with Crippen molar-refractivity contribution in [1.82, 2.24) is 9.97 Å². The SMILES string of the molecule is Cc1sc2nc(Cl)nc(Nc3ccccc3)c2c1-c1ccc(Cl)cc1. The number of halogens is 2. The van der Waals surface area contributed by atoms with Crippen molar-refractivity contribution in [3.05, 3.63) is 69.8 Å². The molecule has 3 nitrogen and oxygen atoms in total. The zero-order chi connectivity index (χ0) is 17.4. The van der Waals surface area contributed by atoms with Crippen LogP contribution >= 0.6 is 34.5 Å². The van der Waals surface area contributed by atoms with Crippen LogP contribution in [0.15, 0.2) is 54.6 Å². The van der Waals surface area contributed by atoms with Gasteiger partial charge in [-0.05, 0) is 48.4 Å². The summed E-state index contributed by atoms with van der Waals surface area (Å²) in [5.41, 5.74) is 3.13. The minimum Gasteiger partial charge on any atom is -0.340 e. The Labute approximate surface area is 159 Å². The summed E-state index contributed by atoms with van der Waals surface area (Å²) in [6.45, 7) is 2.08. The van der Waals surface area contributed by atoms with Crippen LogP contribution < -0.4 is 5.32 Å². The van der Waals surface area contributed by atoms with Crippen LogP contribution in [-0.4, -0.2) is 9.97 Å². The van der Waals surface area contributed by atoms with Gasteiger partial charge < -0.3 is 5.32 Å². The van der Waals surface area contributed by atoms with Gasteiger partial charge in [0, 0.05) is 21.2 Å². The van der Waals surface area contributed by atoms with Gasteiger partial charge in [0.2, 0.25) is 5.28 Å². The first kappa shape index (κ1) is 16.3. The average molecular weight is 386 g/mol. The van der Waals surface area contributed by atoms with Gasteiger partial charge in [0.25, 0.3) is 0 Å². The van der Waals surface area contributed by atoms with Gasteiger partial charge in [0.1, 0.15) is 10.6 Å². The van der Waals surface area contributed by atoms with E-state index in [9.17, 15) is 0 Å². The highest BCUT2D eigenvalue weighted by molar-refractivity contribution is 7.19. The smallest absolute Gasteiger partial charge is 0.225 e. The molecule has 0 saturated heterocycles. The molecule has 2 aromatic heterocycles. The van der Waals surface area contributed by atoms with Gasteiger partial charge in [-0.15, -0.1) is 11.3 Å². The lowest BCUT2D eigenvalue weighted by Gasteiger charge is -2.09. The van der Waals surface area contributed by atoms with Crippen molar-refractivity contribution in [2.45, 2.75) is 6.92 Å². The molecule has 2 heterocycles. The number of aryl methyl sites for hydroxylation is 1. The van der Waals surface area contributed by atoms with Gasteiger partial charge in [0.15, 0.2) is 0 Å². The van der Waals surface area contributed by atoms with Crippen molar-refractivity contribution in [2.24, 2.45) is 0 Å². The van der Waals surface area contributed by atoms with Crippen molar-refractivity contribution in [3.63, 3.8) is 0 Å². The minimum absolute atomic E-state index is 0.231. The zero-order valence-corrected chi connectivity index (χ0v) is 15.6. The summed E-state index contributed by atoms with van der Waals surface area (Å²) in [6, 6.07) is 17.7. The van der Waals surface area contributed by atoms with E-state index in [0.29, 0.717) is 10.8 Å². The molecule has 4 aromatic rings. The highest BCUT2D eigenvalue weighted by atomic mass is 35.5. The molecule has 0 bridgehead atoms. The third-order valence-corrected chi connectivity index (χ3v) is 5.29. The number of fused-ring (bicyclic) bond motifs is 1. The maximum Gasteiger partial charge on any atom is 0.225 e. The quantitative estimate of drug-likeness (QED) is 0.397. The monoisotopic (exact) mass is 385 g/mol. The molecule has 4 rings (SSSR count). The number of nitrogens with zero attached hydrogens (tertiary/aromatic N) is 2. The molecule has 0 spiro atoms. The Morgan fingerprint density at radius 2 is 1.64 bits per heavy atom. The van der Waals surface area contributed by atoms with Crippen molar-refractivity contribution >= 4 is 56.3 Å². The Morgan fingerprint density at radius 3 is 2.36 bits per heavy atom. The number of benzene rings is 2. The fourth-order valence-electron chi connectivity index (χ4n) is 2.80. The maximum atomic E-state index is 6.15. The number of hydrogen-bond donors (Lipinski definition) is 1. The Bertz CT molecular complexity index is 1040. The molecule has 0 atom stereocenters. The van der Waals surface area contributed by atoms with Crippen molar-refractivity contribution in [3.8, 4) is 11.1 Å². The Kier molecular flexibility index (Phi) is 4.34. The van der Waals surface area contributed by atoms with E-state index in [0.717, 1.165) is 31.9 Å². The summed E-state index contributed by atoms with van der Waals surface area (Å²) in [5, 5.41) is 5.28. The van der Waals surface area contributed by atoms with Crippen LogP contribution in [0, 0.1) is 6.92 Å². The van der Waals surface area contributed by atoms with E-state index < -0.39 is 0 Å². The van der Waals surface area contributed by atoms with Crippen LogP contribution in [0.3, 0.4) is 0 Å². The zero-order valence-electron chi connectivity index (χ0n) is 13.3. The molecule has 124 valence electrons. The molecule has 0 saturated carbocycles. The molecule has 0 amide bonds. The summed E-state index contributed by atoms with van der Waals surface area (Å²) in [5.74, 6) is 0.704. The number of nitrogens with one attached hydrogen (secondary N) is 1. The summed E-state index contributed by atoms with van der Waals surface area (Å²) < 4.78 is 0. The van der Waals surface area contributed by atoms with E-state index in [2.05, 4.69) is 22.2 Å². The second-order valence-electron chi connectivity index (χ2n) is 5.55. The molecule has 0 unspecified atom stereocenters. The van der Waals surface area contributed by atoms with Gasteiger partial charge in [-0.2, -0.15) is 4.98 Å². The Hall–Kier alpha value is -2.14. The lowest BCUT2D eigenvalue weighted by molar-refractivity contribution is 1.23. The lowest BCUT2D eigenvalue weighted by Crippen LogP contribution is -1.96. The summed E-state index contributed by atoms with van der Waals surface area (Å²) >= 11 is 13.8. The minimum atomic E-state index is 0.231. The fourth-order valence-corrected chi connectivity index (χ4v) is 4.19. The average Bonchev–Trinajstić information content (AvgIpc) is 2.92. The van der Waals surface area contributed by atoms with Crippen molar-refractivity contribution < 1.29 is 0 Å². The molecule has 0 aliphatic carbocycles. The highest BCUT2D eigenvalue weighted by Crippen LogP contribution is 2.42. The van der Waals surface area contributed by atoms with Crippen LogP contribution in [0.2, 0.25) is 10.3 Å². The second-order valence-corrected chi connectivity index (χ2v) is 7.53.